The quantitative estimate of drug-likeness (QED) is 0.171. The monoisotopic (exact) mass is 566 g/mol. The molecule has 42 heavy (non-hydrogen) atoms. The van der Waals surface area contributed by atoms with Crippen molar-refractivity contribution >= 4 is 28.7 Å². The summed E-state index contributed by atoms with van der Waals surface area (Å²) < 4.78 is 0. The van der Waals surface area contributed by atoms with E-state index in [0.29, 0.717) is 19.4 Å². The third-order valence-electron chi connectivity index (χ3n) is 7.38. The first-order chi connectivity index (χ1) is 20.2. The molecule has 2 amide bonds. The predicted molar refractivity (Wildman–Crippen MR) is 165 cm³/mol. The molecule has 7 nitrogen and oxygen atoms in total. The van der Waals surface area contributed by atoms with Gasteiger partial charge in [0.2, 0.25) is 0 Å². The van der Waals surface area contributed by atoms with Crippen molar-refractivity contribution in [2.75, 3.05) is 13.1 Å². The van der Waals surface area contributed by atoms with Gasteiger partial charge >= 0.3 is 18.0 Å². The van der Waals surface area contributed by atoms with Gasteiger partial charge in [0.05, 0.1) is 5.92 Å². The van der Waals surface area contributed by atoms with Crippen LogP contribution in [0.15, 0.2) is 97.1 Å². The Morgan fingerprint density at radius 1 is 0.738 bits per heavy atom. The Balaban J connectivity index is 1.44. The SMILES string of the molecule is CC(C)CN(CC(CCc1ccccc1)C(=O)O)C(=O)N[C@@H](Cc1ccc(-c2cccc3ccccc23)cc1)C(=O)O. The molecule has 4 rings (SSSR count). The van der Waals surface area contributed by atoms with Gasteiger partial charge in [-0.05, 0) is 51.8 Å². The first-order valence-electron chi connectivity index (χ1n) is 14.3. The molecule has 0 aliphatic rings. The van der Waals surface area contributed by atoms with Gasteiger partial charge in [-0.15, -0.1) is 0 Å². The summed E-state index contributed by atoms with van der Waals surface area (Å²) in [5.74, 6) is -2.83. The first kappa shape index (κ1) is 30.3. The Kier molecular flexibility index (Phi) is 10.3. The van der Waals surface area contributed by atoms with Crippen LogP contribution >= 0.6 is 0 Å². The molecule has 0 radical (unpaired) electrons. The Labute approximate surface area is 246 Å². The van der Waals surface area contributed by atoms with Crippen molar-refractivity contribution in [3.8, 4) is 11.1 Å². The first-order valence-corrected chi connectivity index (χ1v) is 14.3. The van der Waals surface area contributed by atoms with Gasteiger partial charge in [0.15, 0.2) is 0 Å². The molecule has 0 saturated carbocycles. The fourth-order valence-electron chi connectivity index (χ4n) is 5.20. The number of hydrogen-bond donors (Lipinski definition) is 3. The number of nitrogens with zero attached hydrogens (tertiary/aromatic N) is 1. The Morgan fingerprint density at radius 3 is 2.07 bits per heavy atom. The normalized spacial score (nSPS) is 12.5. The molecular weight excluding hydrogens is 528 g/mol. The summed E-state index contributed by atoms with van der Waals surface area (Å²) in [6.07, 6.45) is 1.04. The van der Waals surface area contributed by atoms with E-state index in [2.05, 4.69) is 29.6 Å². The van der Waals surface area contributed by atoms with Gasteiger partial charge < -0.3 is 20.4 Å². The van der Waals surface area contributed by atoms with E-state index < -0.39 is 29.9 Å². The van der Waals surface area contributed by atoms with Crippen LogP contribution in [0, 0.1) is 11.8 Å². The lowest BCUT2D eigenvalue weighted by Crippen LogP contribution is -2.51. The maximum atomic E-state index is 13.3. The smallest absolute Gasteiger partial charge is 0.326 e. The number of nitrogens with one attached hydrogen (secondary N) is 1. The molecule has 218 valence electrons. The number of benzene rings is 4. The van der Waals surface area contributed by atoms with Crippen LogP contribution in [0.5, 0.6) is 0 Å². The maximum Gasteiger partial charge on any atom is 0.326 e. The number of aryl methyl sites for hydroxylation is 1. The zero-order valence-corrected chi connectivity index (χ0v) is 24.1. The van der Waals surface area contributed by atoms with Gasteiger partial charge in [0, 0.05) is 19.5 Å². The minimum atomic E-state index is -1.16. The highest BCUT2D eigenvalue weighted by molar-refractivity contribution is 5.96. The number of carboxylic acid groups (broad SMARTS) is 2. The molecular formula is C35H38N2O5. The maximum absolute atomic E-state index is 13.3. The molecule has 0 aliphatic heterocycles. The van der Waals surface area contributed by atoms with E-state index >= 15 is 0 Å². The lowest BCUT2D eigenvalue weighted by atomic mass is 9.96. The van der Waals surface area contributed by atoms with Crippen molar-refractivity contribution in [3.63, 3.8) is 0 Å². The second-order valence-electron chi connectivity index (χ2n) is 11.1. The van der Waals surface area contributed by atoms with Gasteiger partial charge in [-0.2, -0.15) is 0 Å². The third kappa shape index (κ3) is 8.19. The number of hydrogen-bond acceptors (Lipinski definition) is 3. The fraction of sp³-hybridized carbons (Fsp3) is 0.286. The summed E-state index contributed by atoms with van der Waals surface area (Å²) in [4.78, 5) is 39.0. The molecule has 0 heterocycles. The summed E-state index contributed by atoms with van der Waals surface area (Å²) in [5.41, 5.74) is 3.91. The molecule has 4 aromatic carbocycles. The number of carbonyl (C=O) groups is 3. The highest BCUT2D eigenvalue weighted by Crippen LogP contribution is 2.29. The van der Waals surface area contributed by atoms with Crippen molar-refractivity contribution in [2.45, 2.75) is 39.2 Å². The summed E-state index contributed by atoms with van der Waals surface area (Å²) in [5, 5.41) is 24.8. The van der Waals surface area contributed by atoms with Crippen molar-refractivity contribution in [2.24, 2.45) is 11.8 Å². The van der Waals surface area contributed by atoms with E-state index in [1.165, 1.54) is 4.90 Å². The molecule has 7 heteroatoms. The molecule has 0 aromatic heterocycles. The number of fused-ring (bicyclic) bond motifs is 1. The van der Waals surface area contributed by atoms with E-state index in [0.717, 1.165) is 33.0 Å². The topological polar surface area (TPSA) is 107 Å². The lowest BCUT2D eigenvalue weighted by Gasteiger charge is -2.29. The van der Waals surface area contributed by atoms with E-state index in [9.17, 15) is 24.6 Å². The van der Waals surface area contributed by atoms with E-state index in [1.54, 1.807) is 0 Å². The van der Waals surface area contributed by atoms with Crippen molar-refractivity contribution in [3.05, 3.63) is 108 Å². The van der Waals surface area contributed by atoms with E-state index in [4.69, 9.17) is 0 Å². The van der Waals surface area contributed by atoms with Gasteiger partial charge in [0.25, 0.3) is 0 Å². The van der Waals surface area contributed by atoms with Gasteiger partial charge in [0.1, 0.15) is 6.04 Å². The second-order valence-corrected chi connectivity index (χ2v) is 11.1. The number of amides is 2. The fourth-order valence-corrected chi connectivity index (χ4v) is 5.20. The van der Waals surface area contributed by atoms with Crippen LogP contribution in [0.2, 0.25) is 0 Å². The van der Waals surface area contributed by atoms with E-state index in [1.807, 2.05) is 86.6 Å². The van der Waals surface area contributed by atoms with E-state index in [-0.39, 0.29) is 18.9 Å². The minimum absolute atomic E-state index is 0.00174. The van der Waals surface area contributed by atoms with Crippen LogP contribution in [-0.2, 0) is 22.4 Å². The molecule has 0 aliphatic carbocycles. The van der Waals surface area contributed by atoms with Crippen LogP contribution in [0.1, 0.15) is 31.4 Å². The Bertz CT molecular complexity index is 1500. The third-order valence-corrected chi connectivity index (χ3v) is 7.38. The number of carbonyl (C=O) groups excluding carboxylic acids is 1. The molecule has 0 fully saturated rings. The van der Waals surface area contributed by atoms with Crippen LogP contribution in [0.4, 0.5) is 4.79 Å². The van der Waals surface area contributed by atoms with Crippen LogP contribution in [0.25, 0.3) is 21.9 Å². The summed E-state index contributed by atoms with van der Waals surface area (Å²) >= 11 is 0. The zero-order valence-electron chi connectivity index (χ0n) is 24.1. The second kappa shape index (κ2) is 14.3. The van der Waals surface area contributed by atoms with Crippen LogP contribution in [-0.4, -0.2) is 52.2 Å². The number of urea groups is 1. The summed E-state index contributed by atoms with van der Waals surface area (Å²) in [7, 11) is 0. The predicted octanol–water partition coefficient (Wildman–Crippen LogP) is 6.50. The van der Waals surface area contributed by atoms with Crippen molar-refractivity contribution < 1.29 is 24.6 Å². The number of carboxylic acids is 2. The zero-order chi connectivity index (χ0) is 30.1. The molecule has 3 N–H and O–H groups in total. The summed E-state index contributed by atoms with van der Waals surface area (Å²) in [6, 6.07) is 29.9. The molecule has 0 bridgehead atoms. The Morgan fingerprint density at radius 2 is 1.40 bits per heavy atom. The summed E-state index contributed by atoms with van der Waals surface area (Å²) in [6.45, 7) is 4.18. The van der Waals surface area contributed by atoms with Gasteiger partial charge in [-0.1, -0.05) is 111 Å². The molecule has 2 atom stereocenters. The lowest BCUT2D eigenvalue weighted by molar-refractivity contribution is -0.142. The van der Waals surface area contributed by atoms with Gasteiger partial charge in [-0.3, -0.25) is 4.79 Å². The highest BCUT2D eigenvalue weighted by atomic mass is 16.4. The highest BCUT2D eigenvalue weighted by Gasteiger charge is 2.28. The van der Waals surface area contributed by atoms with Crippen LogP contribution in [0.3, 0.4) is 0 Å². The molecule has 4 aromatic rings. The standard InChI is InChI=1S/C35H38N2O5/c1-24(2)22-37(23-29(33(38)39)20-15-25-9-4-3-5-10-25)35(42)36-32(34(40)41)21-26-16-18-28(19-17-26)31-14-8-12-27-11-6-7-13-30(27)31/h3-14,16-19,24,29,32H,15,20-23H2,1-2H3,(H,36,42)(H,38,39)(H,40,41)/t29?,32-/m0/s1. The van der Waals surface area contributed by atoms with Gasteiger partial charge in [-0.25, -0.2) is 9.59 Å². The Hall–Kier alpha value is -4.65. The minimum Gasteiger partial charge on any atom is -0.481 e. The van der Waals surface area contributed by atoms with Crippen molar-refractivity contribution in [1.82, 2.24) is 10.2 Å². The average Bonchev–Trinajstić information content (AvgIpc) is 2.98. The molecule has 1 unspecified atom stereocenters. The molecule has 0 saturated heterocycles. The molecule has 0 spiro atoms. The largest absolute Gasteiger partial charge is 0.481 e. The number of aliphatic carboxylic acids is 2. The number of rotatable bonds is 13. The van der Waals surface area contributed by atoms with Crippen molar-refractivity contribution in [1.29, 1.82) is 0 Å². The average molecular weight is 567 g/mol. The van der Waals surface area contributed by atoms with Crippen LogP contribution < -0.4 is 5.32 Å².